The molecule has 0 bridgehead atoms. The van der Waals surface area contributed by atoms with E-state index >= 15 is 0 Å². The first-order valence-electron chi connectivity index (χ1n) is 27.4. The van der Waals surface area contributed by atoms with Crippen LogP contribution in [-0.4, -0.2) is 107 Å². The first-order valence-corrected chi connectivity index (χ1v) is 27.4. The number of carbonyl (C=O) groups excluding carboxylic acids is 3. The smallest absolute Gasteiger partial charge is 0.465 e. The van der Waals surface area contributed by atoms with E-state index in [9.17, 15) is 19.5 Å². The van der Waals surface area contributed by atoms with Crippen LogP contribution in [0.1, 0.15) is 214 Å². The van der Waals surface area contributed by atoms with E-state index < -0.39 is 30.6 Å². The van der Waals surface area contributed by atoms with Crippen molar-refractivity contribution in [3.8, 4) is 0 Å². The molecule has 12 heteroatoms. The molecule has 1 saturated heterocycles. The van der Waals surface area contributed by atoms with Crippen LogP contribution in [0.4, 0.5) is 4.79 Å². The van der Waals surface area contributed by atoms with Crippen molar-refractivity contribution in [1.29, 1.82) is 0 Å². The maximum Gasteiger partial charge on any atom is 0.508 e. The van der Waals surface area contributed by atoms with Gasteiger partial charge in [-0.1, -0.05) is 123 Å². The fraction of sp³-hybridized carbons (Fsp3) is 0.873. The van der Waals surface area contributed by atoms with Gasteiger partial charge in [-0.2, -0.15) is 0 Å². The summed E-state index contributed by atoms with van der Waals surface area (Å²) in [7, 11) is 0. The minimum absolute atomic E-state index is 0.0153. The summed E-state index contributed by atoms with van der Waals surface area (Å²) in [5.74, 6) is -0.751. The van der Waals surface area contributed by atoms with Crippen LogP contribution in [-0.2, 0) is 42.7 Å². The summed E-state index contributed by atoms with van der Waals surface area (Å²) < 4.78 is 40.4. The van der Waals surface area contributed by atoms with Gasteiger partial charge in [0.1, 0.15) is 6.61 Å². The third kappa shape index (κ3) is 38.0. The molecule has 0 aromatic heterocycles. The molecule has 392 valence electrons. The zero-order valence-corrected chi connectivity index (χ0v) is 43.5. The summed E-state index contributed by atoms with van der Waals surface area (Å²) in [6.45, 7) is 15.4. The van der Waals surface area contributed by atoms with E-state index in [0.717, 1.165) is 122 Å². The number of allylic oxidation sites excluding steroid dienone is 4. The largest absolute Gasteiger partial charge is 0.508 e. The van der Waals surface area contributed by atoms with Crippen molar-refractivity contribution in [3.05, 3.63) is 24.3 Å². The van der Waals surface area contributed by atoms with Gasteiger partial charge < -0.3 is 43.2 Å². The Morgan fingerprint density at radius 2 is 1.18 bits per heavy atom. The second kappa shape index (κ2) is 45.9. The molecular weight excluding hydrogens is 851 g/mol. The number of hydrogen-bond donors (Lipinski definition) is 1. The third-order valence-corrected chi connectivity index (χ3v) is 12.4. The van der Waals surface area contributed by atoms with E-state index in [0.29, 0.717) is 52.1 Å². The maximum atomic E-state index is 13.1. The predicted octanol–water partition coefficient (Wildman–Crippen LogP) is 13.2. The van der Waals surface area contributed by atoms with E-state index in [1.165, 1.54) is 44.9 Å². The van der Waals surface area contributed by atoms with Crippen molar-refractivity contribution in [2.24, 2.45) is 17.8 Å². The highest BCUT2D eigenvalue weighted by Gasteiger charge is 2.23. The minimum Gasteiger partial charge on any atom is -0.465 e. The van der Waals surface area contributed by atoms with Crippen LogP contribution < -0.4 is 0 Å². The minimum atomic E-state index is -1.05. The van der Waals surface area contributed by atoms with Crippen LogP contribution in [0.2, 0.25) is 0 Å². The topological polar surface area (TPSA) is 139 Å². The van der Waals surface area contributed by atoms with Crippen LogP contribution in [0.3, 0.4) is 0 Å². The van der Waals surface area contributed by atoms with E-state index in [-0.39, 0.29) is 44.0 Å². The summed E-state index contributed by atoms with van der Waals surface area (Å²) in [5, 5.41) is 10.8. The lowest BCUT2D eigenvalue weighted by Gasteiger charge is -2.31. The summed E-state index contributed by atoms with van der Waals surface area (Å²) in [6, 6.07) is 0. The average molecular weight is 952 g/mol. The number of ether oxygens (including phenoxy) is 7. The predicted molar refractivity (Wildman–Crippen MR) is 270 cm³/mol. The molecule has 0 aliphatic carbocycles. The van der Waals surface area contributed by atoms with Crippen molar-refractivity contribution in [1.82, 2.24) is 4.90 Å². The normalized spacial score (nSPS) is 15.9. The van der Waals surface area contributed by atoms with Gasteiger partial charge in [0.2, 0.25) is 0 Å². The van der Waals surface area contributed by atoms with Gasteiger partial charge in [0.05, 0.1) is 44.7 Å². The van der Waals surface area contributed by atoms with Crippen molar-refractivity contribution >= 4 is 18.1 Å². The van der Waals surface area contributed by atoms with Crippen molar-refractivity contribution in [2.75, 3.05) is 65.9 Å². The molecule has 0 radical (unpaired) electrons. The Bertz CT molecular complexity index is 1190. The van der Waals surface area contributed by atoms with Gasteiger partial charge in [-0.15, -0.1) is 0 Å². The fourth-order valence-electron chi connectivity index (χ4n) is 8.18. The highest BCUT2D eigenvalue weighted by Crippen LogP contribution is 2.22. The van der Waals surface area contributed by atoms with Crippen molar-refractivity contribution in [3.63, 3.8) is 0 Å². The third-order valence-electron chi connectivity index (χ3n) is 12.4. The second-order valence-corrected chi connectivity index (χ2v) is 18.7. The summed E-state index contributed by atoms with van der Waals surface area (Å²) in [5.41, 5.74) is 0. The molecule has 12 nitrogen and oxygen atoms in total. The number of hydrogen-bond acceptors (Lipinski definition) is 12. The zero-order valence-electron chi connectivity index (χ0n) is 43.5. The molecule has 0 aromatic rings. The monoisotopic (exact) mass is 952 g/mol. The number of aliphatic hydroxyl groups is 1. The molecule has 1 fully saturated rings. The van der Waals surface area contributed by atoms with Gasteiger partial charge in [-0.05, 0) is 116 Å². The summed E-state index contributed by atoms with van der Waals surface area (Å²) in [6.07, 6.45) is 33.2. The number of carbonyl (C=O) groups is 3. The van der Waals surface area contributed by atoms with Gasteiger partial charge in [0.25, 0.3) is 0 Å². The van der Waals surface area contributed by atoms with Gasteiger partial charge in [0, 0.05) is 32.1 Å². The Kier molecular flexibility index (Phi) is 42.8. The second-order valence-electron chi connectivity index (χ2n) is 18.7. The Hall–Kier alpha value is -2.51. The van der Waals surface area contributed by atoms with Crippen LogP contribution >= 0.6 is 0 Å². The number of rotatable bonds is 46. The number of esters is 2. The number of likely N-dealkylation sites (tertiary alicyclic amines) is 1. The molecule has 0 saturated carbocycles. The van der Waals surface area contributed by atoms with E-state index in [1.54, 1.807) is 0 Å². The van der Waals surface area contributed by atoms with Gasteiger partial charge in [-0.3, -0.25) is 9.59 Å². The number of unbranched alkanes of at least 4 members (excludes halogenated alkanes) is 14. The maximum absolute atomic E-state index is 13.1. The van der Waals surface area contributed by atoms with Gasteiger partial charge in [-0.25, -0.2) is 4.79 Å². The van der Waals surface area contributed by atoms with E-state index in [4.69, 9.17) is 33.2 Å². The van der Waals surface area contributed by atoms with E-state index in [1.807, 2.05) is 0 Å². The Morgan fingerprint density at radius 1 is 0.597 bits per heavy atom. The quantitative estimate of drug-likeness (QED) is 0.0204. The Labute approximate surface area is 409 Å². The van der Waals surface area contributed by atoms with Crippen LogP contribution in [0, 0.1) is 17.8 Å². The van der Waals surface area contributed by atoms with E-state index in [2.05, 4.69) is 63.8 Å². The van der Waals surface area contributed by atoms with Crippen LogP contribution in [0.5, 0.6) is 0 Å². The molecule has 67 heavy (non-hydrogen) atoms. The average Bonchev–Trinajstić information content (AvgIpc) is 3.34. The molecular formula is C55H101NO11. The molecule has 0 amide bonds. The lowest BCUT2D eigenvalue weighted by molar-refractivity contribution is -0.162. The molecule has 4 atom stereocenters. The Morgan fingerprint density at radius 3 is 1.82 bits per heavy atom. The summed E-state index contributed by atoms with van der Waals surface area (Å²) >= 11 is 0. The molecule has 0 spiro atoms. The lowest BCUT2D eigenvalue weighted by Crippen LogP contribution is -2.37. The highest BCUT2D eigenvalue weighted by atomic mass is 16.7. The van der Waals surface area contributed by atoms with Crippen molar-refractivity contribution < 1.29 is 52.6 Å². The molecule has 1 rings (SSSR count). The molecule has 1 N–H and O–H groups in total. The van der Waals surface area contributed by atoms with Crippen LogP contribution in [0.15, 0.2) is 24.3 Å². The zero-order chi connectivity index (χ0) is 48.8. The fourth-order valence-corrected chi connectivity index (χ4v) is 8.18. The molecule has 1 heterocycles. The molecule has 0 aromatic carbocycles. The molecule has 1 aliphatic rings. The number of piperidine rings is 1. The first-order chi connectivity index (χ1) is 32.8. The summed E-state index contributed by atoms with van der Waals surface area (Å²) in [4.78, 5) is 41.2. The van der Waals surface area contributed by atoms with Crippen molar-refractivity contribution in [2.45, 2.75) is 227 Å². The van der Waals surface area contributed by atoms with Gasteiger partial charge in [0.15, 0.2) is 12.6 Å². The van der Waals surface area contributed by atoms with Gasteiger partial charge >= 0.3 is 18.1 Å². The SMILES string of the molecule is CC/C=C\CCCCOC(CCC(=O)OCC(COC(=O)OCC1CCCN(CC)C1)COC(O)CCCCCOC(=O)C(CCCCCC)CCCCCCCC)OCCCC/C=C\CC. The molecule has 1 aliphatic heterocycles. The first kappa shape index (κ1) is 62.5. The Balaban J connectivity index is 2.66. The highest BCUT2D eigenvalue weighted by molar-refractivity contribution is 5.72. The number of aliphatic hydroxyl groups excluding tert-OH is 1. The lowest BCUT2D eigenvalue weighted by atomic mass is 9.94. The standard InChI is InChI=1S/C55H101NO11/c1-6-11-15-19-22-27-35-50(34-26-18-14-9-4)54(59)63-42-31-25-28-36-51(57)64-45-49(47-67-55(60)66-44-48-33-32-39-56(10-5)43-48)46-65-52(58)37-38-53(61-40-29-23-20-16-12-7-2)62-41-30-24-21-17-13-8-3/h12-13,16-17,48-51,53,57H,6-11,14-15,18-47H2,1-5H3/b16-12-,17-13-. The molecule has 4 unspecified atom stereocenters. The number of nitrogens with zero attached hydrogens (tertiary/aromatic N) is 1. The van der Waals surface area contributed by atoms with Crippen LogP contribution in [0.25, 0.3) is 0 Å².